The highest BCUT2D eigenvalue weighted by molar-refractivity contribution is 6.01. The SMILES string of the molecule is C[C@H](NC(=O)COC(=O)CCCN1C(=O)CNC1=O)c1ccccc1. The number of hydrogen-bond acceptors (Lipinski definition) is 5. The molecule has 8 heteroatoms. The quantitative estimate of drug-likeness (QED) is 0.533. The van der Waals surface area contributed by atoms with Crippen molar-refractivity contribution >= 4 is 23.8 Å². The van der Waals surface area contributed by atoms with Crippen LogP contribution in [0.25, 0.3) is 0 Å². The summed E-state index contributed by atoms with van der Waals surface area (Å²) in [5.74, 6) is -1.25. The molecule has 4 amide bonds. The molecule has 1 aliphatic heterocycles. The standard InChI is InChI=1S/C17H21N3O5/c1-12(13-6-3-2-4-7-13)19-14(21)11-25-16(23)8-5-9-20-15(22)10-18-17(20)24/h2-4,6-7,12H,5,8-11H2,1H3,(H,18,24)(H,19,21)/t12-/m0/s1. The van der Waals surface area contributed by atoms with Crippen LogP contribution in [0.1, 0.15) is 31.4 Å². The van der Waals surface area contributed by atoms with Gasteiger partial charge in [-0.05, 0) is 18.9 Å². The van der Waals surface area contributed by atoms with E-state index in [2.05, 4.69) is 10.6 Å². The highest BCUT2D eigenvalue weighted by atomic mass is 16.5. The van der Waals surface area contributed by atoms with Gasteiger partial charge in [0.1, 0.15) is 0 Å². The molecule has 1 saturated heterocycles. The van der Waals surface area contributed by atoms with Crippen molar-refractivity contribution in [1.29, 1.82) is 0 Å². The molecule has 134 valence electrons. The zero-order chi connectivity index (χ0) is 18.2. The number of amides is 4. The maximum Gasteiger partial charge on any atom is 0.324 e. The smallest absolute Gasteiger partial charge is 0.324 e. The summed E-state index contributed by atoms with van der Waals surface area (Å²) in [5, 5.41) is 5.14. The average molecular weight is 347 g/mol. The molecule has 0 aliphatic carbocycles. The number of rotatable bonds is 8. The molecule has 0 aromatic heterocycles. The second kappa shape index (κ2) is 8.81. The van der Waals surface area contributed by atoms with Crippen molar-refractivity contribution in [3.05, 3.63) is 35.9 Å². The third-order valence-electron chi connectivity index (χ3n) is 3.74. The van der Waals surface area contributed by atoms with Crippen LogP contribution in [0.3, 0.4) is 0 Å². The van der Waals surface area contributed by atoms with Crippen LogP contribution in [0.2, 0.25) is 0 Å². The number of ether oxygens (including phenoxy) is 1. The van der Waals surface area contributed by atoms with Crippen LogP contribution in [-0.2, 0) is 19.1 Å². The fourth-order valence-corrected chi connectivity index (χ4v) is 2.39. The van der Waals surface area contributed by atoms with Crippen LogP contribution in [0.5, 0.6) is 0 Å². The zero-order valence-electron chi connectivity index (χ0n) is 14.0. The monoisotopic (exact) mass is 347 g/mol. The molecule has 1 aliphatic rings. The van der Waals surface area contributed by atoms with Gasteiger partial charge in [-0.3, -0.25) is 19.3 Å². The predicted octanol–water partition coefficient (Wildman–Crippen LogP) is 0.739. The van der Waals surface area contributed by atoms with Gasteiger partial charge in [-0.1, -0.05) is 30.3 Å². The number of hydrogen-bond donors (Lipinski definition) is 2. The van der Waals surface area contributed by atoms with E-state index in [-0.39, 0.29) is 44.0 Å². The Morgan fingerprint density at radius 1 is 1.28 bits per heavy atom. The van der Waals surface area contributed by atoms with E-state index in [1.807, 2.05) is 37.3 Å². The predicted molar refractivity (Wildman–Crippen MR) is 88.3 cm³/mol. The molecule has 2 rings (SSSR count). The summed E-state index contributed by atoms with van der Waals surface area (Å²) in [7, 11) is 0. The van der Waals surface area contributed by atoms with Crippen molar-refractivity contribution in [1.82, 2.24) is 15.5 Å². The second-order valence-electron chi connectivity index (χ2n) is 5.67. The minimum atomic E-state index is -0.547. The Morgan fingerprint density at radius 3 is 2.64 bits per heavy atom. The van der Waals surface area contributed by atoms with Crippen LogP contribution >= 0.6 is 0 Å². The fraction of sp³-hybridized carbons (Fsp3) is 0.412. The number of nitrogens with zero attached hydrogens (tertiary/aromatic N) is 1. The first-order valence-corrected chi connectivity index (χ1v) is 8.05. The molecule has 0 bridgehead atoms. The van der Waals surface area contributed by atoms with E-state index < -0.39 is 12.0 Å². The van der Waals surface area contributed by atoms with Crippen LogP contribution in [0.15, 0.2) is 30.3 Å². The van der Waals surface area contributed by atoms with Crippen molar-refractivity contribution in [2.45, 2.75) is 25.8 Å². The van der Waals surface area contributed by atoms with Crippen molar-refractivity contribution in [2.75, 3.05) is 19.7 Å². The molecular formula is C17H21N3O5. The summed E-state index contributed by atoms with van der Waals surface area (Å²) in [6.07, 6.45) is 0.318. The van der Waals surface area contributed by atoms with Gasteiger partial charge in [0.05, 0.1) is 12.6 Å². The van der Waals surface area contributed by atoms with Gasteiger partial charge in [-0.2, -0.15) is 0 Å². The highest BCUT2D eigenvalue weighted by Crippen LogP contribution is 2.10. The molecule has 1 fully saturated rings. The molecule has 8 nitrogen and oxygen atoms in total. The minimum absolute atomic E-state index is 0.0109. The number of esters is 1. The zero-order valence-corrected chi connectivity index (χ0v) is 14.0. The highest BCUT2D eigenvalue weighted by Gasteiger charge is 2.27. The Bertz CT molecular complexity index is 631. The summed E-state index contributed by atoms with van der Waals surface area (Å²) in [4.78, 5) is 47.2. The number of carbonyl (C=O) groups excluding carboxylic acids is 4. The van der Waals surface area contributed by atoms with E-state index in [0.717, 1.165) is 10.5 Å². The second-order valence-corrected chi connectivity index (χ2v) is 5.67. The lowest BCUT2D eigenvalue weighted by Gasteiger charge is -2.14. The third-order valence-corrected chi connectivity index (χ3v) is 3.74. The van der Waals surface area contributed by atoms with Gasteiger partial charge in [0.25, 0.3) is 5.91 Å². The molecule has 0 radical (unpaired) electrons. The first-order chi connectivity index (χ1) is 12.0. The van der Waals surface area contributed by atoms with Gasteiger partial charge >= 0.3 is 12.0 Å². The molecule has 0 unspecified atom stereocenters. The lowest BCUT2D eigenvalue weighted by molar-refractivity contribution is -0.149. The van der Waals surface area contributed by atoms with Crippen LogP contribution in [-0.4, -0.2) is 48.4 Å². The maximum absolute atomic E-state index is 11.8. The van der Waals surface area contributed by atoms with Crippen LogP contribution in [0.4, 0.5) is 4.79 Å². The van der Waals surface area contributed by atoms with E-state index in [1.54, 1.807) is 0 Å². The maximum atomic E-state index is 11.8. The summed E-state index contributed by atoms with van der Waals surface area (Å²) < 4.78 is 4.90. The Balaban J connectivity index is 1.63. The lowest BCUT2D eigenvalue weighted by atomic mass is 10.1. The van der Waals surface area contributed by atoms with Gasteiger partial charge in [-0.25, -0.2) is 4.79 Å². The van der Waals surface area contributed by atoms with Gasteiger partial charge in [0, 0.05) is 13.0 Å². The Hall–Kier alpha value is -2.90. The van der Waals surface area contributed by atoms with Crippen LogP contribution in [0, 0.1) is 0 Å². The summed E-state index contributed by atoms with van der Waals surface area (Å²) in [6.45, 7) is 1.62. The van der Waals surface area contributed by atoms with Gasteiger partial charge in [0.15, 0.2) is 6.61 Å². The summed E-state index contributed by atoms with van der Waals surface area (Å²) in [5.41, 5.74) is 0.954. The molecule has 1 atom stereocenters. The number of nitrogens with one attached hydrogen (secondary N) is 2. The summed E-state index contributed by atoms with van der Waals surface area (Å²) >= 11 is 0. The number of benzene rings is 1. The van der Waals surface area contributed by atoms with Crippen molar-refractivity contribution in [2.24, 2.45) is 0 Å². The molecule has 1 aromatic carbocycles. The van der Waals surface area contributed by atoms with Gasteiger partial charge in [0.2, 0.25) is 5.91 Å². The van der Waals surface area contributed by atoms with Crippen LogP contribution < -0.4 is 10.6 Å². The van der Waals surface area contributed by atoms with E-state index in [9.17, 15) is 19.2 Å². The van der Waals surface area contributed by atoms with E-state index in [1.165, 1.54) is 0 Å². The molecule has 1 heterocycles. The fourth-order valence-electron chi connectivity index (χ4n) is 2.39. The Kier molecular flexibility index (Phi) is 6.50. The number of imide groups is 1. The normalized spacial score (nSPS) is 14.8. The molecular weight excluding hydrogens is 326 g/mol. The minimum Gasteiger partial charge on any atom is -0.456 e. The Labute approximate surface area is 145 Å². The molecule has 0 spiro atoms. The van der Waals surface area contributed by atoms with E-state index in [0.29, 0.717) is 6.42 Å². The van der Waals surface area contributed by atoms with E-state index in [4.69, 9.17) is 4.74 Å². The Morgan fingerprint density at radius 2 is 2.00 bits per heavy atom. The molecule has 2 N–H and O–H groups in total. The first kappa shape index (κ1) is 18.4. The largest absolute Gasteiger partial charge is 0.456 e. The topological polar surface area (TPSA) is 105 Å². The van der Waals surface area contributed by atoms with Crippen molar-refractivity contribution in [3.8, 4) is 0 Å². The summed E-state index contributed by atoms with van der Waals surface area (Å²) in [6, 6.07) is 8.80. The molecule has 1 aromatic rings. The molecule has 25 heavy (non-hydrogen) atoms. The van der Waals surface area contributed by atoms with Crippen molar-refractivity contribution in [3.63, 3.8) is 0 Å². The van der Waals surface area contributed by atoms with Gasteiger partial charge < -0.3 is 15.4 Å². The third kappa shape index (κ3) is 5.59. The molecule has 0 saturated carbocycles. The van der Waals surface area contributed by atoms with Gasteiger partial charge in [-0.15, -0.1) is 0 Å². The van der Waals surface area contributed by atoms with Crippen molar-refractivity contribution < 1.29 is 23.9 Å². The average Bonchev–Trinajstić information content (AvgIpc) is 2.92. The first-order valence-electron chi connectivity index (χ1n) is 8.05. The van der Waals surface area contributed by atoms with E-state index >= 15 is 0 Å². The number of urea groups is 1. The number of carbonyl (C=O) groups is 4. The lowest BCUT2D eigenvalue weighted by Crippen LogP contribution is -2.32.